The van der Waals surface area contributed by atoms with Gasteiger partial charge < -0.3 is 28.4 Å². The summed E-state index contributed by atoms with van der Waals surface area (Å²) in [4.78, 5) is 17.8. The third-order valence-electron chi connectivity index (χ3n) is 11.9. The van der Waals surface area contributed by atoms with Crippen molar-refractivity contribution in [2.75, 3.05) is 39.9 Å². The van der Waals surface area contributed by atoms with Crippen LogP contribution in [0, 0.1) is 11.8 Å². The minimum atomic E-state index is 0. The minimum absolute atomic E-state index is 0. The number of nitrogens with zero attached hydrogens (tertiary/aromatic N) is 4. The van der Waals surface area contributed by atoms with E-state index in [1.807, 2.05) is 17.0 Å². The molecule has 3 atom stereocenters. The average molecular weight is 659 g/mol. The highest BCUT2D eigenvalue weighted by Crippen LogP contribution is 2.43. The summed E-state index contributed by atoms with van der Waals surface area (Å²) in [6.45, 7) is 6.31. The number of piperazine rings is 1. The van der Waals surface area contributed by atoms with Crippen LogP contribution in [0.4, 0.5) is 0 Å². The van der Waals surface area contributed by atoms with Gasteiger partial charge in [-0.3, -0.25) is 4.79 Å². The summed E-state index contributed by atoms with van der Waals surface area (Å²) in [6.07, 6.45) is 17.9. The van der Waals surface area contributed by atoms with E-state index in [-0.39, 0.29) is 18.3 Å². The van der Waals surface area contributed by atoms with E-state index in [2.05, 4.69) is 70.7 Å². The first kappa shape index (κ1) is 32.4. The van der Waals surface area contributed by atoms with E-state index in [9.17, 15) is 4.79 Å². The number of amides is 1. The summed E-state index contributed by atoms with van der Waals surface area (Å²) < 4.78 is 17.0. The van der Waals surface area contributed by atoms with E-state index in [1.54, 1.807) is 0 Å². The number of carbonyl (C=O) groups excluding carboxylic acids is 1. The van der Waals surface area contributed by atoms with Crippen molar-refractivity contribution in [1.29, 1.82) is 0 Å². The number of likely N-dealkylation sites (N-methyl/N-ethyl adjacent to an activating group) is 1. The highest BCUT2D eigenvalue weighted by Gasteiger charge is 2.34. The van der Waals surface area contributed by atoms with Gasteiger partial charge in [-0.25, -0.2) is 0 Å². The molecule has 2 aromatic heterocycles. The van der Waals surface area contributed by atoms with Gasteiger partial charge in [-0.1, -0.05) is 62.8 Å². The van der Waals surface area contributed by atoms with E-state index < -0.39 is 0 Å². The Balaban J connectivity index is 0.000000160. The molecule has 0 N–H and O–H groups in total. The van der Waals surface area contributed by atoms with Crippen LogP contribution in [0.2, 0.25) is 0 Å². The molecule has 5 aliphatic rings. The Hall–Kier alpha value is -3.16. The Morgan fingerprint density at radius 3 is 2.02 bits per heavy atom. The first-order chi connectivity index (χ1) is 22.6. The van der Waals surface area contributed by atoms with Crippen LogP contribution in [-0.2, 0) is 0 Å². The molecule has 252 valence electrons. The zero-order valence-electron chi connectivity index (χ0n) is 28.1. The second-order valence-corrected chi connectivity index (χ2v) is 14.7. The molecule has 0 radical (unpaired) electrons. The second-order valence-electron chi connectivity index (χ2n) is 14.7. The largest absolute Gasteiger partial charge is 0.489 e. The number of benzene rings is 2. The fourth-order valence-corrected chi connectivity index (χ4v) is 9.08. The molecule has 47 heavy (non-hydrogen) atoms. The maximum Gasteiger partial charge on any atom is 0.256 e. The summed E-state index contributed by atoms with van der Waals surface area (Å²) in [5.74, 6) is 3.62. The van der Waals surface area contributed by atoms with Gasteiger partial charge in [-0.05, 0) is 69.7 Å². The highest BCUT2D eigenvalue weighted by molar-refractivity contribution is 6.08. The molecular formula is C39H51ClN4O3. The van der Waals surface area contributed by atoms with Crippen LogP contribution in [-0.4, -0.2) is 70.8 Å². The predicted octanol–water partition coefficient (Wildman–Crippen LogP) is 8.51. The number of halogens is 1. The fraction of sp³-hybridized carbons (Fsp3) is 0.564. The quantitative estimate of drug-likeness (QED) is 0.222. The summed E-state index contributed by atoms with van der Waals surface area (Å²) in [6, 6.07) is 16.0. The predicted molar refractivity (Wildman–Crippen MR) is 191 cm³/mol. The Labute approximate surface area is 285 Å². The fourth-order valence-electron chi connectivity index (χ4n) is 9.08. The summed E-state index contributed by atoms with van der Waals surface area (Å²) in [5.41, 5.74) is 3.27. The number of rotatable bonds is 3. The molecule has 5 heterocycles. The number of para-hydroxylation sites is 2. The van der Waals surface area contributed by atoms with E-state index in [0.717, 1.165) is 66.7 Å². The Kier molecular flexibility index (Phi) is 9.48. The molecule has 0 spiro atoms. The number of ether oxygens (including phenoxy) is 2. The van der Waals surface area contributed by atoms with Gasteiger partial charge in [0.05, 0.1) is 28.7 Å². The lowest BCUT2D eigenvalue weighted by molar-refractivity contribution is 0.0573. The zero-order chi connectivity index (χ0) is 31.2. The molecule has 0 bridgehead atoms. The van der Waals surface area contributed by atoms with Gasteiger partial charge in [0.1, 0.15) is 24.7 Å². The standard InChI is InChI=1S/C23H31N3O2.C16H19NO.ClH/c1-16-13-25(12-11-24(16)2)23(27)19-14-26-20(17-7-4-3-5-8-17)15-28-21-10-6-9-18(19)22(21)26;1-2-5-12(6-3-1)14-11-18-15-8-4-7-13-9-10-17(14)16(13)15;/h6,9-10,14,16-17,20H,3-5,7-8,11-13,15H2,1-2H3;4,7-10,12,14H,1-3,5-6,11H2;1H/t16-,20-;14-;/m00./s1. The molecule has 1 amide bonds. The van der Waals surface area contributed by atoms with Crippen LogP contribution in [0.25, 0.3) is 21.8 Å². The molecule has 1 saturated heterocycles. The minimum Gasteiger partial charge on any atom is -0.489 e. The third-order valence-corrected chi connectivity index (χ3v) is 11.9. The highest BCUT2D eigenvalue weighted by atomic mass is 35.5. The maximum atomic E-state index is 13.5. The van der Waals surface area contributed by atoms with Gasteiger partial charge in [-0.15, -0.1) is 12.4 Å². The summed E-state index contributed by atoms with van der Waals surface area (Å²) in [7, 11) is 2.14. The van der Waals surface area contributed by atoms with Gasteiger partial charge in [-0.2, -0.15) is 0 Å². The first-order valence-electron chi connectivity index (χ1n) is 18.0. The van der Waals surface area contributed by atoms with E-state index in [1.165, 1.54) is 75.1 Å². The van der Waals surface area contributed by atoms with Crippen molar-refractivity contribution in [2.24, 2.45) is 11.8 Å². The Morgan fingerprint density at radius 1 is 0.745 bits per heavy atom. The topological polar surface area (TPSA) is 51.9 Å². The first-order valence-corrected chi connectivity index (χ1v) is 18.0. The SMILES string of the molecule is C[C@H]1CN(C(=O)c2cn3c4c(cccc24)OC[C@H]3C2CCCCC2)CCN1C.Cl.c1cc2c3c(c1)ccn3[C@H](C1CCCCC1)CO2. The van der Waals surface area contributed by atoms with Crippen molar-refractivity contribution in [1.82, 2.24) is 18.9 Å². The second kappa shape index (κ2) is 13.8. The van der Waals surface area contributed by atoms with Crippen molar-refractivity contribution in [3.8, 4) is 11.5 Å². The smallest absolute Gasteiger partial charge is 0.256 e. The summed E-state index contributed by atoms with van der Waals surface area (Å²) in [5, 5.41) is 2.36. The lowest BCUT2D eigenvalue weighted by Crippen LogP contribution is -2.52. The van der Waals surface area contributed by atoms with Gasteiger partial charge in [0.25, 0.3) is 5.91 Å². The lowest BCUT2D eigenvalue weighted by Gasteiger charge is -2.37. The van der Waals surface area contributed by atoms with Gasteiger partial charge in [0.15, 0.2) is 0 Å². The van der Waals surface area contributed by atoms with Gasteiger partial charge >= 0.3 is 0 Å². The van der Waals surface area contributed by atoms with Gasteiger partial charge in [0.2, 0.25) is 0 Å². The number of aromatic nitrogens is 2. The van der Waals surface area contributed by atoms with E-state index >= 15 is 0 Å². The molecule has 0 unspecified atom stereocenters. The van der Waals surface area contributed by atoms with Gasteiger partial charge in [0, 0.05) is 48.8 Å². The molecule has 3 aliphatic heterocycles. The van der Waals surface area contributed by atoms with Crippen LogP contribution in [0.3, 0.4) is 0 Å². The Morgan fingerprint density at radius 2 is 1.36 bits per heavy atom. The normalized spacial score (nSPS) is 25.0. The third kappa shape index (κ3) is 6.03. The lowest BCUT2D eigenvalue weighted by atomic mass is 9.83. The van der Waals surface area contributed by atoms with E-state index in [0.29, 0.717) is 24.0 Å². The van der Waals surface area contributed by atoms with Crippen molar-refractivity contribution in [3.05, 3.63) is 60.4 Å². The molecule has 7 nitrogen and oxygen atoms in total. The van der Waals surface area contributed by atoms with Crippen LogP contribution in [0.1, 0.15) is 93.6 Å². The molecule has 2 saturated carbocycles. The zero-order valence-corrected chi connectivity index (χ0v) is 28.9. The Bertz CT molecular complexity index is 1700. The van der Waals surface area contributed by atoms with Crippen LogP contribution in [0.5, 0.6) is 11.5 Å². The molecule has 2 aromatic carbocycles. The van der Waals surface area contributed by atoms with Crippen LogP contribution >= 0.6 is 12.4 Å². The van der Waals surface area contributed by atoms with Crippen molar-refractivity contribution < 1.29 is 14.3 Å². The van der Waals surface area contributed by atoms with E-state index in [4.69, 9.17) is 9.47 Å². The molecule has 4 aromatic rings. The monoisotopic (exact) mass is 658 g/mol. The van der Waals surface area contributed by atoms with Crippen molar-refractivity contribution >= 4 is 40.1 Å². The van der Waals surface area contributed by atoms with Crippen LogP contribution in [0.15, 0.2) is 54.9 Å². The molecule has 2 aliphatic carbocycles. The summed E-state index contributed by atoms with van der Waals surface area (Å²) >= 11 is 0. The van der Waals surface area contributed by atoms with Crippen molar-refractivity contribution in [3.63, 3.8) is 0 Å². The van der Waals surface area contributed by atoms with Crippen molar-refractivity contribution in [2.45, 2.75) is 89.3 Å². The molecule has 9 rings (SSSR count). The number of hydrogen-bond acceptors (Lipinski definition) is 4. The van der Waals surface area contributed by atoms with Crippen LogP contribution < -0.4 is 9.47 Å². The number of carbonyl (C=O) groups is 1. The molecule has 3 fully saturated rings. The molecular weight excluding hydrogens is 608 g/mol. The average Bonchev–Trinajstić information content (AvgIpc) is 3.72. The molecule has 8 heteroatoms. The number of hydrogen-bond donors (Lipinski definition) is 0. The maximum absolute atomic E-state index is 13.5.